The third-order valence-corrected chi connectivity index (χ3v) is 3.56. The number of hydrogen-bond donors (Lipinski definition) is 1. The van der Waals surface area contributed by atoms with Crippen molar-refractivity contribution in [3.63, 3.8) is 0 Å². The lowest BCUT2D eigenvalue weighted by atomic mass is 9.85. The van der Waals surface area contributed by atoms with Crippen molar-refractivity contribution in [1.82, 2.24) is 10.1 Å². The van der Waals surface area contributed by atoms with Gasteiger partial charge in [0.25, 0.3) is 0 Å². The molecule has 1 aromatic carbocycles. The number of nitrogens with one attached hydrogen (secondary N) is 1. The number of benzene rings is 1. The van der Waals surface area contributed by atoms with Gasteiger partial charge in [0.05, 0.1) is 0 Å². The molecule has 0 bridgehead atoms. The topological polar surface area (TPSA) is 68.0 Å². The highest BCUT2D eigenvalue weighted by Gasteiger charge is 2.38. The van der Waals surface area contributed by atoms with Gasteiger partial charge in [0, 0.05) is 17.2 Å². The minimum Gasteiger partial charge on any atom is -0.329 e. The number of halogens is 3. The highest BCUT2D eigenvalue weighted by Crippen LogP contribution is 2.30. The molecule has 0 aliphatic heterocycles. The molecule has 1 fully saturated rings. The van der Waals surface area contributed by atoms with E-state index < -0.39 is 12.1 Å². The lowest BCUT2D eigenvalue weighted by Crippen LogP contribution is -2.27. The molecule has 5 nitrogen and oxygen atoms in total. The molecule has 1 aliphatic carbocycles. The highest BCUT2D eigenvalue weighted by molar-refractivity contribution is 5.93. The lowest BCUT2D eigenvalue weighted by Gasteiger charge is -2.24. The maximum Gasteiger partial charge on any atom is 0.471 e. The molecule has 1 saturated carbocycles. The molecule has 1 heterocycles. The Morgan fingerprint density at radius 2 is 1.91 bits per heavy atom. The fourth-order valence-corrected chi connectivity index (χ4v) is 2.07. The van der Waals surface area contributed by atoms with Gasteiger partial charge in [0.1, 0.15) is 0 Å². The van der Waals surface area contributed by atoms with E-state index >= 15 is 0 Å². The molecule has 1 N–H and O–H groups in total. The fourth-order valence-electron chi connectivity index (χ4n) is 2.07. The Bertz CT molecular complexity index is 675. The Balaban J connectivity index is 1.71. The van der Waals surface area contributed by atoms with Crippen molar-refractivity contribution in [1.29, 1.82) is 0 Å². The van der Waals surface area contributed by atoms with E-state index in [1.54, 1.807) is 12.1 Å². The first kappa shape index (κ1) is 14.6. The van der Waals surface area contributed by atoms with Gasteiger partial charge in [-0.2, -0.15) is 18.2 Å². The summed E-state index contributed by atoms with van der Waals surface area (Å²) < 4.78 is 41.4. The second-order valence-electron chi connectivity index (χ2n) is 5.12. The number of aromatic nitrogens is 2. The Morgan fingerprint density at radius 1 is 1.23 bits per heavy atom. The summed E-state index contributed by atoms with van der Waals surface area (Å²) in [5, 5.41) is 6.07. The van der Waals surface area contributed by atoms with E-state index in [1.807, 2.05) is 0 Å². The summed E-state index contributed by atoms with van der Waals surface area (Å²) in [6.07, 6.45) is -1.81. The summed E-state index contributed by atoms with van der Waals surface area (Å²) in [6, 6.07) is 6.24. The minimum absolute atomic E-state index is 0.0297. The van der Waals surface area contributed by atoms with Crippen LogP contribution in [0, 0.1) is 5.92 Å². The molecule has 22 heavy (non-hydrogen) atoms. The minimum atomic E-state index is -4.66. The molecule has 0 saturated heterocycles. The molecule has 116 valence electrons. The smallest absolute Gasteiger partial charge is 0.329 e. The standard InChI is InChI=1S/C14H12F3N3O2/c15-14(16,17)13-19-11(20-22-13)8-4-6-10(7-5-8)18-12(21)9-2-1-3-9/h4-7,9H,1-3H2,(H,18,21). The summed E-state index contributed by atoms with van der Waals surface area (Å²) in [7, 11) is 0. The first-order chi connectivity index (χ1) is 10.4. The van der Waals surface area contributed by atoms with Crippen molar-refractivity contribution < 1.29 is 22.5 Å². The number of anilines is 1. The normalized spacial score (nSPS) is 15.4. The van der Waals surface area contributed by atoms with Crippen LogP contribution in [0.5, 0.6) is 0 Å². The zero-order chi connectivity index (χ0) is 15.7. The number of nitrogens with zero attached hydrogens (tertiary/aromatic N) is 2. The van der Waals surface area contributed by atoms with Crippen LogP contribution in [-0.4, -0.2) is 16.0 Å². The van der Waals surface area contributed by atoms with Crippen molar-refractivity contribution in [3.05, 3.63) is 30.2 Å². The molecule has 1 aliphatic rings. The van der Waals surface area contributed by atoms with Gasteiger partial charge < -0.3 is 9.84 Å². The van der Waals surface area contributed by atoms with Crippen LogP contribution in [0.1, 0.15) is 25.2 Å². The van der Waals surface area contributed by atoms with Crippen LogP contribution < -0.4 is 5.32 Å². The van der Waals surface area contributed by atoms with Gasteiger partial charge in [-0.15, -0.1) is 0 Å². The van der Waals surface area contributed by atoms with Crippen molar-refractivity contribution in [2.75, 3.05) is 5.32 Å². The quantitative estimate of drug-likeness (QED) is 0.942. The van der Waals surface area contributed by atoms with Crippen molar-refractivity contribution in [3.8, 4) is 11.4 Å². The maximum absolute atomic E-state index is 12.4. The molecule has 3 rings (SSSR count). The Morgan fingerprint density at radius 3 is 2.41 bits per heavy atom. The van der Waals surface area contributed by atoms with Gasteiger partial charge in [-0.25, -0.2) is 0 Å². The average Bonchev–Trinajstić information content (AvgIpc) is 2.86. The van der Waals surface area contributed by atoms with Gasteiger partial charge in [0.2, 0.25) is 11.7 Å². The van der Waals surface area contributed by atoms with Gasteiger partial charge in [-0.05, 0) is 37.1 Å². The lowest BCUT2D eigenvalue weighted by molar-refractivity contribution is -0.159. The molecule has 2 aromatic rings. The van der Waals surface area contributed by atoms with Crippen molar-refractivity contribution >= 4 is 11.6 Å². The molecular weight excluding hydrogens is 299 g/mol. The number of hydrogen-bond acceptors (Lipinski definition) is 4. The predicted octanol–water partition coefficient (Wildman–Crippen LogP) is 3.49. The van der Waals surface area contributed by atoms with E-state index in [1.165, 1.54) is 12.1 Å². The summed E-state index contributed by atoms with van der Waals surface area (Å²) in [6.45, 7) is 0. The molecule has 1 amide bonds. The molecule has 0 atom stereocenters. The molecule has 0 unspecified atom stereocenters. The second kappa shape index (κ2) is 5.43. The van der Waals surface area contributed by atoms with E-state index in [9.17, 15) is 18.0 Å². The second-order valence-corrected chi connectivity index (χ2v) is 5.12. The van der Waals surface area contributed by atoms with E-state index in [4.69, 9.17) is 0 Å². The first-order valence-corrected chi connectivity index (χ1v) is 6.76. The molecule has 1 aromatic heterocycles. The van der Waals surface area contributed by atoms with E-state index in [-0.39, 0.29) is 17.6 Å². The summed E-state index contributed by atoms with van der Waals surface area (Å²) in [4.78, 5) is 15.1. The highest BCUT2D eigenvalue weighted by atomic mass is 19.4. The molecule has 0 spiro atoms. The third kappa shape index (κ3) is 2.95. The van der Waals surface area contributed by atoms with Crippen LogP contribution in [0.3, 0.4) is 0 Å². The van der Waals surface area contributed by atoms with Crippen LogP contribution >= 0.6 is 0 Å². The molecule has 8 heteroatoms. The van der Waals surface area contributed by atoms with Gasteiger partial charge in [0.15, 0.2) is 0 Å². The average molecular weight is 311 g/mol. The number of alkyl halides is 3. The van der Waals surface area contributed by atoms with Crippen molar-refractivity contribution in [2.45, 2.75) is 25.4 Å². The number of carbonyl (C=O) groups excluding carboxylic acids is 1. The van der Waals surface area contributed by atoms with Crippen LogP contribution in [0.4, 0.5) is 18.9 Å². The number of carbonyl (C=O) groups is 1. The van der Waals surface area contributed by atoms with E-state index in [0.29, 0.717) is 11.3 Å². The van der Waals surface area contributed by atoms with Crippen molar-refractivity contribution in [2.24, 2.45) is 5.92 Å². The maximum atomic E-state index is 12.4. The third-order valence-electron chi connectivity index (χ3n) is 3.56. The monoisotopic (exact) mass is 311 g/mol. The molecule has 0 radical (unpaired) electrons. The summed E-state index contributed by atoms with van der Waals surface area (Å²) >= 11 is 0. The predicted molar refractivity (Wildman–Crippen MR) is 70.7 cm³/mol. The van der Waals surface area contributed by atoms with Gasteiger partial charge in [-0.1, -0.05) is 11.6 Å². The van der Waals surface area contributed by atoms with Crippen LogP contribution in [-0.2, 0) is 11.0 Å². The Kier molecular flexibility index (Phi) is 3.59. The van der Waals surface area contributed by atoms with E-state index in [0.717, 1.165) is 19.3 Å². The Hall–Kier alpha value is -2.38. The largest absolute Gasteiger partial charge is 0.471 e. The first-order valence-electron chi connectivity index (χ1n) is 6.76. The zero-order valence-electron chi connectivity index (χ0n) is 11.4. The van der Waals surface area contributed by atoms with Crippen LogP contribution in [0.25, 0.3) is 11.4 Å². The summed E-state index contributed by atoms with van der Waals surface area (Å²) in [5.74, 6) is -1.50. The SMILES string of the molecule is O=C(Nc1ccc(-c2noc(C(F)(F)F)n2)cc1)C1CCC1. The van der Waals surface area contributed by atoms with Gasteiger partial charge in [-0.3, -0.25) is 4.79 Å². The summed E-state index contributed by atoms with van der Waals surface area (Å²) in [5.41, 5.74) is 0.959. The van der Waals surface area contributed by atoms with E-state index in [2.05, 4.69) is 20.0 Å². The number of amides is 1. The number of rotatable bonds is 3. The van der Waals surface area contributed by atoms with Crippen LogP contribution in [0.2, 0.25) is 0 Å². The zero-order valence-corrected chi connectivity index (χ0v) is 11.4. The molecular formula is C14H12F3N3O2. The van der Waals surface area contributed by atoms with Gasteiger partial charge >= 0.3 is 12.1 Å². The Labute approximate surface area is 123 Å². The van der Waals surface area contributed by atoms with Crippen LogP contribution in [0.15, 0.2) is 28.8 Å². The fraction of sp³-hybridized carbons (Fsp3) is 0.357.